The summed E-state index contributed by atoms with van der Waals surface area (Å²) in [5.74, 6) is -4.64. The van der Waals surface area contributed by atoms with Gasteiger partial charge in [0.2, 0.25) is 17.5 Å². The Morgan fingerprint density at radius 3 is 2.22 bits per heavy atom. The first-order valence-corrected chi connectivity index (χ1v) is 10.8. The summed E-state index contributed by atoms with van der Waals surface area (Å²) < 4.78 is 88.7. The monoisotopic (exact) mass is 517 g/mol. The van der Waals surface area contributed by atoms with E-state index in [4.69, 9.17) is 4.74 Å². The Hall–Kier alpha value is -3.65. The minimum atomic E-state index is -4.70. The Morgan fingerprint density at radius 1 is 0.944 bits per heavy atom. The first-order chi connectivity index (χ1) is 16.7. The normalized spacial score (nSPS) is 14.2. The fourth-order valence-electron chi connectivity index (χ4n) is 3.83. The number of hydrogen-bond acceptors (Lipinski definition) is 6. The highest BCUT2D eigenvalue weighted by atomic mass is 19.4. The van der Waals surface area contributed by atoms with Gasteiger partial charge in [0.05, 0.1) is 0 Å². The molecule has 1 aromatic carbocycles. The third kappa shape index (κ3) is 5.28. The van der Waals surface area contributed by atoms with Gasteiger partial charge >= 0.3 is 12.3 Å². The lowest BCUT2D eigenvalue weighted by atomic mass is 10.0. The lowest BCUT2D eigenvalue weighted by Crippen LogP contribution is -2.42. The maximum Gasteiger partial charge on any atom is 0.451 e. The summed E-state index contributed by atoms with van der Waals surface area (Å²) in [6.45, 7) is 4.84. The number of carbonyl (C=O) groups excluding carboxylic acids is 1. The second-order valence-corrected chi connectivity index (χ2v) is 9.20. The minimum Gasteiger partial charge on any atom is -0.444 e. The molecule has 1 aliphatic rings. The van der Waals surface area contributed by atoms with Gasteiger partial charge in [-0.15, -0.1) is 20.4 Å². The molecule has 1 amide bonds. The second kappa shape index (κ2) is 9.09. The van der Waals surface area contributed by atoms with E-state index in [2.05, 4.69) is 25.7 Å². The molecule has 0 spiro atoms. The van der Waals surface area contributed by atoms with E-state index in [1.165, 1.54) is 4.57 Å². The van der Waals surface area contributed by atoms with E-state index in [9.17, 15) is 31.1 Å². The second-order valence-electron chi connectivity index (χ2n) is 9.20. The molecule has 0 fully saturated rings. The predicted octanol–water partition coefficient (Wildman–Crippen LogP) is 3.66. The van der Waals surface area contributed by atoms with E-state index in [0.29, 0.717) is 12.1 Å². The van der Waals surface area contributed by atoms with Crippen molar-refractivity contribution < 1.29 is 35.9 Å². The molecule has 1 atom stereocenters. The third-order valence-corrected chi connectivity index (χ3v) is 5.28. The highest BCUT2D eigenvalue weighted by molar-refractivity contribution is 5.68. The van der Waals surface area contributed by atoms with Crippen LogP contribution in [-0.4, -0.2) is 47.3 Å². The smallest absolute Gasteiger partial charge is 0.444 e. The molecule has 9 nitrogen and oxygen atoms in total. The number of halogens is 6. The fraction of sp³-hybridized carbons (Fsp3) is 0.476. The molecule has 2 aromatic heterocycles. The molecule has 0 aliphatic carbocycles. The SMILES string of the molecule is CC(C)(C)OC(=O)N[C@H](Cc1cc(F)c(F)cc1F)Cc1nnc2n1CCn1c-2nnc1C(F)(F)F. The number of fused-ring (bicyclic) bond motifs is 3. The number of alkyl halides is 3. The van der Waals surface area contributed by atoms with Crippen LogP contribution in [0.25, 0.3) is 11.6 Å². The summed E-state index contributed by atoms with van der Waals surface area (Å²) in [4.78, 5) is 12.4. The van der Waals surface area contributed by atoms with Crippen LogP contribution in [0.5, 0.6) is 0 Å². The number of alkyl carbamates (subject to hydrolysis) is 1. The number of rotatable bonds is 5. The summed E-state index contributed by atoms with van der Waals surface area (Å²) >= 11 is 0. The Morgan fingerprint density at radius 2 is 1.56 bits per heavy atom. The molecular weight excluding hydrogens is 496 g/mol. The average Bonchev–Trinajstić information content (AvgIpc) is 3.34. The molecule has 0 saturated carbocycles. The minimum absolute atomic E-state index is 0.0364. The van der Waals surface area contributed by atoms with E-state index in [1.807, 2.05) is 0 Å². The zero-order chi connectivity index (χ0) is 26.4. The van der Waals surface area contributed by atoms with E-state index in [-0.39, 0.29) is 49.0 Å². The lowest BCUT2D eigenvalue weighted by Gasteiger charge is -2.24. The summed E-state index contributed by atoms with van der Waals surface area (Å²) in [5, 5.41) is 17.3. The Bertz CT molecular complexity index is 1300. The molecule has 4 rings (SSSR count). The van der Waals surface area contributed by atoms with Crippen molar-refractivity contribution in [2.24, 2.45) is 0 Å². The maximum absolute atomic E-state index is 14.3. The summed E-state index contributed by atoms with van der Waals surface area (Å²) in [7, 11) is 0. The van der Waals surface area contributed by atoms with Gasteiger partial charge in [0, 0.05) is 31.6 Å². The van der Waals surface area contributed by atoms with Crippen molar-refractivity contribution in [3.63, 3.8) is 0 Å². The van der Waals surface area contributed by atoms with Crippen molar-refractivity contribution in [3.8, 4) is 11.6 Å². The van der Waals surface area contributed by atoms with Crippen molar-refractivity contribution in [1.29, 1.82) is 0 Å². The van der Waals surface area contributed by atoms with Crippen LogP contribution in [-0.2, 0) is 36.8 Å². The first kappa shape index (κ1) is 25.4. The van der Waals surface area contributed by atoms with Gasteiger partial charge in [-0.25, -0.2) is 18.0 Å². The van der Waals surface area contributed by atoms with Crippen LogP contribution >= 0.6 is 0 Å². The standard InChI is InChI=1S/C21H21F6N7O2/c1-20(2,3)36-19(35)28-11(6-10-7-13(23)14(24)9-12(10)22)8-15-29-30-16-17-31-32-18(21(25,26)27)34(17)5-4-33(15)16/h7,9,11H,4-6,8H2,1-3H3,(H,28,35)/t11-/m1/s1. The first-order valence-electron chi connectivity index (χ1n) is 10.8. The molecule has 36 heavy (non-hydrogen) atoms. The van der Waals surface area contributed by atoms with Crippen LogP contribution in [0.2, 0.25) is 0 Å². The van der Waals surface area contributed by atoms with Gasteiger partial charge in [0.1, 0.15) is 17.2 Å². The summed E-state index contributed by atoms with van der Waals surface area (Å²) in [5.41, 5.74) is -1.06. The van der Waals surface area contributed by atoms with Gasteiger partial charge < -0.3 is 14.6 Å². The molecule has 3 aromatic rings. The van der Waals surface area contributed by atoms with E-state index >= 15 is 0 Å². The third-order valence-electron chi connectivity index (χ3n) is 5.28. The molecule has 0 saturated heterocycles. The highest BCUT2D eigenvalue weighted by Gasteiger charge is 2.40. The molecule has 0 unspecified atom stereocenters. The number of hydrogen-bond donors (Lipinski definition) is 1. The van der Waals surface area contributed by atoms with Crippen LogP contribution in [0.1, 0.15) is 38.0 Å². The van der Waals surface area contributed by atoms with Crippen LogP contribution in [0, 0.1) is 17.5 Å². The van der Waals surface area contributed by atoms with Crippen molar-refractivity contribution in [1.82, 2.24) is 34.8 Å². The molecule has 3 heterocycles. The van der Waals surface area contributed by atoms with E-state index in [0.717, 1.165) is 4.57 Å². The number of amides is 1. The van der Waals surface area contributed by atoms with Crippen LogP contribution in [0.4, 0.5) is 31.1 Å². The molecule has 194 valence electrons. The molecular formula is C21H21F6N7O2. The topological polar surface area (TPSA) is 99.8 Å². The van der Waals surface area contributed by atoms with Gasteiger partial charge in [0.15, 0.2) is 11.6 Å². The van der Waals surface area contributed by atoms with Crippen molar-refractivity contribution in [3.05, 3.63) is 46.8 Å². The predicted molar refractivity (Wildman–Crippen MR) is 111 cm³/mol. The Balaban J connectivity index is 1.63. The number of carbonyl (C=O) groups is 1. The quantitative estimate of drug-likeness (QED) is 0.410. The highest BCUT2D eigenvalue weighted by Crippen LogP contribution is 2.32. The number of nitrogens with one attached hydrogen (secondary N) is 1. The van der Waals surface area contributed by atoms with Gasteiger partial charge in [-0.2, -0.15) is 13.2 Å². The molecule has 15 heteroatoms. The fourth-order valence-corrected chi connectivity index (χ4v) is 3.83. The van der Waals surface area contributed by atoms with Crippen molar-refractivity contribution in [2.45, 2.75) is 64.5 Å². The Labute approximate surface area is 200 Å². The summed E-state index contributed by atoms with van der Waals surface area (Å²) in [6.07, 6.45) is -5.89. The maximum atomic E-state index is 14.3. The number of ether oxygens (including phenoxy) is 1. The summed E-state index contributed by atoms with van der Waals surface area (Å²) in [6, 6.07) is 0.173. The molecule has 0 bridgehead atoms. The van der Waals surface area contributed by atoms with Crippen LogP contribution < -0.4 is 5.32 Å². The van der Waals surface area contributed by atoms with E-state index < -0.39 is 47.2 Å². The number of aromatic nitrogens is 6. The number of nitrogens with zero attached hydrogens (tertiary/aromatic N) is 6. The molecule has 1 N–H and O–H groups in total. The van der Waals surface area contributed by atoms with Gasteiger partial charge in [-0.1, -0.05) is 0 Å². The molecule has 1 aliphatic heterocycles. The number of benzene rings is 1. The zero-order valence-corrected chi connectivity index (χ0v) is 19.3. The van der Waals surface area contributed by atoms with Gasteiger partial charge in [-0.3, -0.25) is 4.57 Å². The van der Waals surface area contributed by atoms with Crippen LogP contribution in [0.15, 0.2) is 12.1 Å². The van der Waals surface area contributed by atoms with Crippen molar-refractivity contribution in [2.75, 3.05) is 0 Å². The average molecular weight is 517 g/mol. The molecule has 0 radical (unpaired) electrons. The largest absolute Gasteiger partial charge is 0.451 e. The van der Waals surface area contributed by atoms with Crippen molar-refractivity contribution >= 4 is 6.09 Å². The van der Waals surface area contributed by atoms with Crippen LogP contribution in [0.3, 0.4) is 0 Å². The lowest BCUT2D eigenvalue weighted by molar-refractivity contribution is -0.147. The Kier molecular flexibility index (Phi) is 6.43. The van der Waals surface area contributed by atoms with E-state index in [1.54, 1.807) is 20.8 Å². The zero-order valence-electron chi connectivity index (χ0n) is 19.3. The van der Waals surface area contributed by atoms with Gasteiger partial charge in [-0.05, 0) is 38.8 Å². The van der Waals surface area contributed by atoms with Gasteiger partial charge in [0.25, 0.3) is 0 Å².